The Morgan fingerprint density at radius 3 is 2.27 bits per heavy atom. The zero-order valence-electron chi connectivity index (χ0n) is 17.9. The fourth-order valence-electron chi connectivity index (χ4n) is 3.83. The molecule has 0 spiro atoms. The first-order valence-electron chi connectivity index (χ1n) is 10.3. The summed E-state index contributed by atoms with van der Waals surface area (Å²) in [6.45, 7) is 8.16. The van der Waals surface area contributed by atoms with E-state index in [9.17, 15) is 13.2 Å². The molecule has 6 nitrogen and oxygen atoms in total. The molecule has 0 saturated carbocycles. The van der Waals surface area contributed by atoms with E-state index in [0.717, 1.165) is 0 Å². The Bertz CT molecular complexity index is 966. The minimum atomic E-state index is -3.70. The number of hydrogen-bond donors (Lipinski definition) is 1. The number of para-hydroxylation sites is 2. The lowest BCUT2D eigenvalue weighted by molar-refractivity contribution is -0.129. The van der Waals surface area contributed by atoms with E-state index in [0.29, 0.717) is 17.0 Å². The van der Waals surface area contributed by atoms with Gasteiger partial charge in [-0.25, -0.2) is 8.42 Å². The minimum Gasteiger partial charge on any atom is -0.476 e. The number of amides is 1. The number of fused-ring (bicyclic) bond motifs is 1. The third-order valence-electron chi connectivity index (χ3n) is 5.30. The first-order valence-corrected chi connectivity index (χ1v) is 11.9. The van der Waals surface area contributed by atoms with Crippen molar-refractivity contribution in [1.29, 1.82) is 0 Å². The molecule has 7 heteroatoms. The maximum atomic E-state index is 13.3. The second-order valence-corrected chi connectivity index (χ2v) is 10.3. The molecular formula is C23H30N2O4S. The number of rotatable bonds is 7. The van der Waals surface area contributed by atoms with Gasteiger partial charge in [-0.3, -0.25) is 9.10 Å². The first-order chi connectivity index (χ1) is 14.2. The summed E-state index contributed by atoms with van der Waals surface area (Å²) < 4.78 is 33.7. The zero-order chi connectivity index (χ0) is 21.9. The van der Waals surface area contributed by atoms with Crippen molar-refractivity contribution >= 4 is 21.6 Å². The smallest absolute Gasteiger partial charge is 0.263 e. The molecule has 162 valence electrons. The molecule has 0 radical (unpaired) electrons. The number of nitrogens with one attached hydrogen (secondary N) is 1. The molecule has 2 aromatic rings. The Kier molecular flexibility index (Phi) is 6.71. The van der Waals surface area contributed by atoms with Gasteiger partial charge < -0.3 is 10.1 Å². The topological polar surface area (TPSA) is 75.7 Å². The van der Waals surface area contributed by atoms with E-state index in [1.807, 2.05) is 18.2 Å². The highest BCUT2D eigenvalue weighted by Crippen LogP contribution is 2.35. The second kappa shape index (κ2) is 9.08. The average molecular weight is 431 g/mol. The number of benzene rings is 2. The van der Waals surface area contributed by atoms with Gasteiger partial charge in [-0.15, -0.1) is 0 Å². The largest absolute Gasteiger partial charge is 0.476 e. The van der Waals surface area contributed by atoms with Crippen LogP contribution in [0.25, 0.3) is 0 Å². The molecule has 1 N–H and O–H groups in total. The highest BCUT2D eigenvalue weighted by Gasteiger charge is 2.37. The van der Waals surface area contributed by atoms with Crippen LogP contribution in [0.3, 0.4) is 0 Å². The van der Waals surface area contributed by atoms with Crippen molar-refractivity contribution in [3.63, 3.8) is 0 Å². The van der Waals surface area contributed by atoms with Crippen molar-refractivity contribution in [2.75, 3.05) is 10.8 Å². The van der Waals surface area contributed by atoms with Crippen molar-refractivity contribution in [1.82, 2.24) is 5.32 Å². The predicted octanol–water partition coefficient (Wildman–Crippen LogP) is 3.58. The van der Waals surface area contributed by atoms with E-state index >= 15 is 0 Å². The molecule has 1 atom stereocenters. The van der Waals surface area contributed by atoms with E-state index in [1.54, 1.807) is 36.4 Å². The molecule has 0 saturated heterocycles. The Morgan fingerprint density at radius 1 is 1.03 bits per heavy atom. The summed E-state index contributed by atoms with van der Waals surface area (Å²) in [5.41, 5.74) is 1.16. The van der Waals surface area contributed by atoms with Crippen molar-refractivity contribution in [2.24, 2.45) is 11.8 Å². The number of sulfonamides is 1. The molecular weight excluding hydrogens is 400 g/mol. The van der Waals surface area contributed by atoms with E-state index in [2.05, 4.69) is 33.0 Å². The van der Waals surface area contributed by atoms with Gasteiger partial charge in [-0.1, -0.05) is 70.2 Å². The van der Waals surface area contributed by atoms with Crippen molar-refractivity contribution in [3.05, 3.63) is 60.2 Å². The van der Waals surface area contributed by atoms with E-state index < -0.39 is 16.1 Å². The third kappa shape index (κ3) is 4.95. The number of hydrogen-bond acceptors (Lipinski definition) is 4. The lowest BCUT2D eigenvalue weighted by Crippen LogP contribution is -2.54. The molecule has 0 fully saturated rings. The van der Waals surface area contributed by atoms with Crippen LogP contribution in [0, 0.1) is 11.8 Å². The fourth-order valence-corrected chi connectivity index (χ4v) is 5.41. The minimum absolute atomic E-state index is 0.0207. The van der Waals surface area contributed by atoms with Crippen LogP contribution in [0.15, 0.2) is 54.6 Å². The molecule has 0 aromatic heterocycles. The van der Waals surface area contributed by atoms with Crippen LogP contribution in [0.2, 0.25) is 0 Å². The summed E-state index contributed by atoms with van der Waals surface area (Å²) in [4.78, 5) is 13.0. The molecule has 1 aliphatic rings. The van der Waals surface area contributed by atoms with Gasteiger partial charge in [0.05, 0.1) is 18.0 Å². The molecule has 1 aliphatic heterocycles. The van der Waals surface area contributed by atoms with Crippen LogP contribution in [-0.2, 0) is 20.6 Å². The number of carbonyl (C=O) groups is 1. The van der Waals surface area contributed by atoms with Crippen molar-refractivity contribution in [3.8, 4) is 5.75 Å². The number of nitrogens with zero attached hydrogens (tertiary/aromatic N) is 1. The lowest BCUT2D eigenvalue weighted by atomic mass is 9.93. The van der Waals surface area contributed by atoms with Crippen molar-refractivity contribution < 1.29 is 17.9 Å². The Hall–Kier alpha value is -2.54. The molecule has 0 bridgehead atoms. The van der Waals surface area contributed by atoms with E-state index in [4.69, 9.17) is 4.74 Å². The molecule has 0 unspecified atom stereocenters. The molecule has 2 aromatic carbocycles. The summed E-state index contributed by atoms with van der Waals surface area (Å²) in [6.07, 6.45) is -0.912. The Morgan fingerprint density at radius 2 is 1.63 bits per heavy atom. The first kappa shape index (κ1) is 22.2. The zero-order valence-corrected chi connectivity index (χ0v) is 18.7. The van der Waals surface area contributed by atoms with Gasteiger partial charge in [-0.05, 0) is 29.5 Å². The highest BCUT2D eigenvalue weighted by molar-refractivity contribution is 7.92. The summed E-state index contributed by atoms with van der Waals surface area (Å²) in [5, 5.41) is 3.05. The quantitative estimate of drug-likeness (QED) is 0.729. The number of ether oxygens (including phenoxy) is 1. The SMILES string of the molecule is CC(C)C(NC(=O)[C@H]1CN(S(=O)(=O)Cc2ccccc2)c2ccccc2O1)C(C)C. The number of anilines is 1. The van der Waals surface area contributed by atoms with Crippen LogP contribution in [0.5, 0.6) is 5.75 Å². The summed E-state index contributed by atoms with van der Waals surface area (Å²) in [7, 11) is -3.70. The number of carbonyl (C=O) groups excluding carboxylic acids is 1. The summed E-state index contributed by atoms with van der Waals surface area (Å²) in [5.74, 6) is 0.463. The molecule has 30 heavy (non-hydrogen) atoms. The van der Waals surface area contributed by atoms with Crippen LogP contribution in [-0.4, -0.2) is 33.0 Å². The molecule has 3 rings (SSSR count). The molecule has 1 heterocycles. The third-order valence-corrected chi connectivity index (χ3v) is 7.02. The van der Waals surface area contributed by atoms with Gasteiger partial charge in [-0.2, -0.15) is 0 Å². The summed E-state index contributed by atoms with van der Waals surface area (Å²) >= 11 is 0. The van der Waals surface area contributed by atoms with E-state index in [-0.39, 0.29) is 36.1 Å². The standard InChI is InChI=1S/C23H30N2O4S/c1-16(2)22(17(3)4)24-23(26)21-14-25(19-12-8-9-13-20(19)29-21)30(27,28)15-18-10-6-5-7-11-18/h5-13,16-17,21-22H,14-15H2,1-4H3,(H,24,26)/t21-/m1/s1. The van der Waals surface area contributed by atoms with Gasteiger partial charge in [0.15, 0.2) is 6.10 Å². The fraction of sp³-hybridized carbons (Fsp3) is 0.435. The Balaban J connectivity index is 1.88. The maximum Gasteiger partial charge on any atom is 0.263 e. The van der Waals surface area contributed by atoms with Gasteiger partial charge in [0.2, 0.25) is 10.0 Å². The summed E-state index contributed by atoms with van der Waals surface area (Å²) in [6, 6.07) is 16.0. The highest BCUT2D eigenvalue weighted by atomic mass is 32.2. The van der Waals surface area contributed by atoms with Crippen LogP contribution < -0.4 is 14.4 Å². The molecule has 1 amide bonds. The van der Waals surface area contributed by atoms with Crippen molar-refractivity contribution in [2.45, 2.75) is 45.6 Å². The lowest BCUT2D eigenvalue weighted by Gasteiger charge is -2.36. The maximum absolute atomic E-state index is 13.3. The van der Waals surface area contributed by atoms with E-state index in [1.165, 1.54) is 4.31 Å². The van der Waals surface area contributed by atoms with Gasteiger partial charge in [0.1, 0.15) is 5.75 Å². The Labute approximate surface area is 179 Å². The van der Waals surface area contributed by atoms with Crippen LogP contribution in [0.4, 0.5) is 5.69 Å². The van der Waals surface area contributed by atoms with Gasteiger partial charge in [0, 0.05) is 6.04 Å². The van der Waals surface area contributed by atoms with Crippen LogP contribution >= 0.6 is 0 Å². The van der Waals surface area contributed by atoms with Gasteiger partial charge >= 0.3 is 0 Å². The monoisotopic (exact) mass is 430 g/mol. The van der Waals surface area contributed by atoms with Gasteiger partial charge in [0.25, 0.3) is 5.91 Å². The van der Waals surface area contributed by atoms with Crippen LogP contribution in [0.1, 0.15) is 33.3 Å². The molecule has 0 aliphatic carbocycles. The second-order valence-electron chi connectivity index (χ2n) is 8.37. The predicted molar refractivity (Wildman–Crippen MR) is 119 cm³/mol. The normalized spacial score (nSPS) is 16.5. The average Bonchev–Trinajstić information content (AvgIpc) is 2.70.